The van der Waals surface area contributed by atoms with Crippen LogP contribution in [0.5, 0.6) is 0 Å². The number of likely N-dealkylation sites (N-methyl/N-ethyl adjacent to an activating group) is 1. The van der Waals surface area contributed by atoms with E-state index in [0.29, 0.717) is 23.9 Å². The minimum atomic E-state index is -4.33. The topological polar surface area (TPSA) is 105 Å². The number of nitrogens with zero attached hydrogens (tertiary/aromatic N) is 1. The summed E-state index contributed by atoms with van der Waals surface area (Å²) in [5.74, 6) is -0.136. The van der Waals surface area contributed by atoms with Gasteiger partial charge in [0, 0.05) is 6.42 Å². The summed E-state index contributed by atoms with van der Waals surface area (Å²) in [6.07, 6.45) is 97.9. The number of hydrogen-bond donors (Lipinski definition) is 3. The van der Waals surface area contributed by atoms with Crippen LogP contribution in [0.3, 0.4) is 0 Å². The third-order valence-corrected chi connectivity index (χ3v) is 19.0. The molecule has 0 saturated carbocycles. The molecule has 3 unspecified atom stereocenters. The molecule has 0 aromatic carbocycles. The first kappa shape index (κ1) is 87.2. The normalized spacial score (nSPS) is 13.8. The summed E-state index contributed by atoms with van der Waals surface area (Å²) in [7, 11) is 1.63. The van der Waals surface area contributed by atoms with Gasteiger partial charge in [-0.25, -0.2) is 4.57 Å². The summed E-state index contributed by atoms with van der Waals surface area (Å²) < 4.78 is 24.0. The molecule has 0 bridgehead atoms. The minimum Gasteiger partial charge on any atom is -0.391 e. The second-order valence-corrected chi connectivity index (χ2v) is 29.5. The van der Waals surface area contributed by atoms with Crippen molar-refractivity contribution in [2.24, 2.45) is 0 Å². The molecule has 89 heavy (non-hydrogen) atoms. The first-order chi connectivity index (χ1) is 43.5. The van der Waals surface area contributed by atoms with Crippen LogP contribution in [0.2, 0.25) is 0 Å². The Morgan fingerprint density at radius 3 is 0.989 bits per heavy atom. The van der Waals surface area contributed by atoms with Crippen molar-refractivity contribution in [1.29, 1.82) is 0 Å². The van der Waals surface area contributed by atoms with E-state index in [1.807, 2.05) is 21.1 Å². The molecule has 0 saturated heterocycles. The highest BCUT2D eigenvalue weighted by molar-refractivity contribution is 7.47. The predicted molar refractivity (Wildman–Crippen MR) is 392 cm³/mol. The van der Waals surface area contributed by atoms with Crippen LogP contribution >= 0.6 is 7.82 Å². The van der Waals surface area contributed by atoms with E-state index in [2.05, 4.69) is 79.9 Å². The Balaban J connectivity index is 3.93. The van der Waals surface area contributed by atoms with E-state index in [-0.39, 0.29) is 19.1 Å². The van der Waals surface area contributed by atoms with E-state index in [9.17, 15) is 19.4 Å². The lowest BCUT2D eigenvalue weighted by atomic mass is 10.0. The van der Waals surface area contributed by atoms with Gasteiger partial charge in [0.05, 0.1) is 39.9 Å². The van der Waals surface area contributed by atoms with Crippen LogP contribution in [0.1, 0.15) is 393 Å². The minimum absolute atomic E-state index is 0.0762. The van der Waals surface area contributed by atoms with Crippen molar-refractivity contribution < 1.29 is 32.9 Å². The van der Waals surface area contributed by atoms with E-state index < -0.39 is 20.0 Å². The standard InChI is InChI=1S/C80H153N2O6P/c1-6-8-10-12-14-16-18-20-22-24-26-28-30-32-34-36-38-39-40-41-42-43-44-46-48-50-52-54-56-58-60-62-64-66-68-70-72-74-80(84)81-78(77-88-89(85,86)87-76-75-82(3,4)5)79(83)73-71-69-67-65-63-61-59-57-55-53-51-49-47-45-37-35-33-31-29-27-25-23-21-19-17-15-13-11-9-7-2/h8,10,14,16,20,22,26,28,32,34,78-79,83H,6-7,9,11-13,15,17-19,21,23-25,27,29-31,33,35-77H2,1-5H3,(H-,81,84,85,86)/p+1/b10-8-,16-14-,22-20-,28-26-,34-32-. The highest BCUT2D eigenvalue weighted by Crippen LogP contribution is 2.43. The van der Waals surface area contributed by atoms with E-state index in [4.69, 9.17) is 9.05 Å². The molecule has 0 aliphatic heterocycles. The molecular formula is C80H154N2O6P+. The largest absolute Gasteiger partial charge is 0.472 e. The van der Waals surface area contributed by atoms with Gasteiger partial charge in [0.25, 0.3) is 0 Å². The molecule has 0 aromatic rings. The number of carbonyl (C=O) groups is 1. The van der Waals surface area contributed by atoms with Crippen molar-refractivity contribution in [3.8, 4) is 0 Å². The van der Waals surface area contributed by atoms with E-state index in [1.54, 1.807) is 0 Å². The van der Waals surface area contributed by atoms with Crippen LogP contribution in [0, 0.1) is 0 Å². The third kappa shape index (κ3) is 73.5. The molecule has 0 fully saturated rings. The van der Waals surface area contributed by atoms with Crippen molar-refractivity contribution >= 4 is 13.7 Å². The van der Waals surface area contributed by atoms with Gasteiger partial charge >= 0.3 is 7.82 Å². The Bertz CT molecular complexity index is 1640. The number of phosphoric ester groups is 1. The van der Waals surface area contributed by atoms with Gasteiger partial charge in [0.2, 0.25) is 5.91 Å². The van der Waals surface area contributed by atoms with Crippen LogP contribution in [0.4, 0.5) is 0 Å². The van der Waals surface area contributed by atoms with Gasteiger partial charge in [-0.3, -0.25) is 13.8 Å². The van der Waals surface area contributed by atoms with Crippen molar-refractivity contribution in [3.05, 3.63) is 60.8 Å². The van der Waals surface area contributed by atoms with Crippen LogP contribution in [-0.2, 0) is 18.4 Å². The van der Waals surface area contributed by atoms with E-state index >= 15 is 0 Å². The monoisotopic (exact) mass is 1270 g/mol. The van der Waals surface area contributed by atoms with Crippen molar-refractivity contribution in [2.75, 3.05) is 40.9 Å². The number of phosphoric acid groups is 1. The van der Waals surface area contributed by atoms with Crippen molar-refractivity contribution in [2.45, 2.75) is 405 Å². The quantitative estimate of drug-likeness (QED) is 0.0243. The number of nitrogens with one attached hydrogen (secondary N) is 1. The fraction of sp³-hybridized carbons (Fsp3) is 0.863. The second kappa shape index (κ2) is 70.5. The Morgan fingerprint density at radius 1 is 0.393 bits per heavy atom. The lowest BCUT2D eigenvalue weighted by Gasteiger charge is -2.26. The van der Waals surface area contributed by atoms with E-state index in [0.717, 1.165) is 70.6 Å². The number of unbranched alkanes of at least 4 members (excludes halogenated alkanes) is 50. The molecule has 9 heteroatoms. The zero-order valence-corrected chi connectivity index (χ0v) is 61.1. The van der Waals surface area contributed by atoms with Crippen LogP contribution < -0.4 is 5.32 Å². The molecule has 0 rings (SSSR count). The summed E-state index contributed by atoms with van der Waals surface area (Å²) in [5.41, 5.74) is 0. The number of hydrogen-bond acceptors (Lipinski definition) is 5. The molecule has 0 aliphatic carbocycles. The predicted octanol–water partition coefficient (Wildman–Crippen LogP) is 25.5. The number of rotatable bonds is 73. The summed E-state index contributed by atoms with van der Waals surface area (Å²) in [5, 5.41) is 14.2. The Hall–Kier alpha value is -1.80. The van der Waals surface area contributed by atoms with Gasteiger partial charge in [0.15, 0.2) is 0 Å². The third-order valence-electron chi connectivity index (χ3n) is 18.0. The lowest BCUT2D eigenvalue weighted by molar-refractivity contribution is -0.870. The summed E-state index contributed by atoms with van der Waals surface area (Å²) in [6, 6.07) is -0.763. The maximum absolute atomic E-state index is 13.1. The zero-order valence-electron chi connectivity index (χ0n) is 60.2. The van der Waals surface area contributed by atoms with Gasteiger partial charge in [-0.1, -0.05) is 389 Å². The molecular weight excluding hydrogens is 1120 g/mol. The number of amides is 1. The zero-order chi connectivity index (χ0) is 64.8. The fourth-order valence-corrected chi connectivity index (χ4v) is 12.8. The number of quaternary nitrogens is 1. The summed E-state index contributed by atoms with van der Waals surface area (Å²) in [6.45, 7) is 4.83. The summed E-state index contributed by atoms with van der Waals surface area (Å²) in [4.78, 5) is 23.5. The molecule has 3 atom stereocenters. The molecule has 0 radical (unpaired) electrons. The molecule has 1 amide bonds. The number of aliphatic hydroxyl groups is 1. The summed E-state index contributed by atoms with van der Waals surface area (Å²) >= 11 is 0. The van der Waals surface area contributed by atoms with Gasteiger partial charge in [0.1, 0.15) is 13.2 Å². The molecule has 0 spiro atoms. The Morgan fingerprint density at radius 2 is 0.674 bits per heavy atom. The molecule has 0 aliphatic rings. The van der Waals surface area contributed by atoms with Crippen LogP contribution in [0.25, 0.3) is 0 Å². The number of carbonyl (C=O) groups excluding carboxylic acids is 1. The first-order valence-corrected chi connectivity index (χ1v) is 40.6. The molecule has 0 aromatic heterocycles. The van der Waals surface area contributed by atoms with Gasteiger partial charge in [-0.05, 0) is 57.8 Å². The highest BCUT2D eigenvalue weighted by atomic mass is 31.2. The van der Waals surface area contributed by atoms with Crippen molar-refractivity contribution in [3.63, 3.8) is 0 Å². The molecule has 0 heterocycles. The van der Waals surface area contributed by atoms with Gasteiger partial charge < -0.3 is 19.8 Å². The first-order valence-electron chi connectivity index (χ1n) is 39.2. The molecule has 8 nitrogen and oxygen atoms in total. The van der Waals surface area contributed by atoms with Crippen molar-refractivity contribution in [1.82, 2.24) is 5.32 Å². The maximum Gasteiger partial charge on any atom is 0.472 e. The lowest BCUT2D eigenvalue weighted by Crippen LogP contribution is -2.46. The smallest absolute Gasteiger partial charge is 0.391 e. The average Bonchev–Trinajstić information content (AvgIpc) is 3.57. The number of allylic oxidation sites excluding steroid dienone is 10. The SMILES string of the molecule is CC/C=C\C/C=C\C/C=C\C/C=C\C/C=C\CCCCCCCCCCCCCCCCCCCCCCCC(=O)NC(COP(=O)(O)OCC[N+](C)(C)C)C(O)CCCCCCCCCCCCCCCCCCCCCCCCCCCCCCCC. The average molecular weight is 1270 g/mol. The van der Waals surface area contributed by atoms with Crippen LogP contribution in [-0.4, -0.2) is 73.4 Å². The van der Waals surface area contributed by atoms with Crippen LogP contribution in [0.15, 0.2) is 60.8 Å². The molecule has 3 N–H and O–H groups in total. The molecule has 524 valence electrons. The van der Waals surface area contributed by atoms with E-state index in [1.165, 1.54) is 295 Å². The van der Waals surface area contributed by atoms with Gasteiger partial charge in [-0.2, -0.15) is 0 Å². The maximum atomic E-state index is 13.1. The Labute approximate surface area is 555 Å². The highest BCUT2D eigenvalue weighted by Gasteiger charge is 2.28. The Kier molecular flexibility index (Phi) is 69.1. The fourth-order valence-electron chi connectivity index (χ4n) is 12.0. The second-order valence-electron chi connectivity index (χ2n) is 28.1. The van der Waals surface area contributed by atoms with Gasteiger partial charge in [-0.15, -0.1) is 0 Å². The number of aliphatic hydroxyl groups excluding tert-OH is 1.